The summed E-state index contributed by atoms with van der Waals surface area (Å²) in [6.45, 7) is 2.74. The zero-order valence-electron chi connectivity index (χ0n) is 19.2. The number of alkyl halides is 3. The van der Waals surface area contributed by atoms with Crippen molar-refractivity contribution in [2.24, 2.45) is 0 Å². The second-order valence-electron chi connectivity index (χ2n) is 8.57. The first kappa shape index (κ1) is 22.7. The molecule has 4 aromatic heterocycles. The number of thiophene rings is 1. The highest BCUT2D eigenvalue weighted by Gasteiger charge is 2.39. The van der Waals surface area contributed by atoms with Crippen LogP contribution in [0.15, 0.2) is 42.6 Å². The lowest BCUT2D eigenvalue weighted by molar-refractivity contribution is -0.147. The van der Waals surface area contributed by atoms with Gasteiger partial charge < -0.3 is 14.5 Å². The Balaban J connectivity index is 1.41. The number of benzene rings is 1. The molecule has 12 heteroatoms. The molecule has 0 saturated carbocycles. The van der Waals surface area contributed by atoms with Crippen molar-refractivity contribution in [2.75, 3.05) is 11.4 Å². The van der Waals surface area contributed by atoms with Gasteiger partial charge in [0, 0.05) is 18.0 Å². The molecular weight excluding hydrogens is 489 g/mol. The van der Waals surface area contributed by atoms with E-state index in [1.807, 2.05) is 35.2 Å². The molecule has 0 spiro atoms. The molecule has 0 radical (unpaired) electrons. The Hall–Kier alpha value is -3.80. The molecule has 0 amide bonds. The SMILES string of the molecule is CCCc1cc2c(N3CCn4c(nnc4C(F)(F)F)C3)nc(-c3ncc(-c4ccccc4)[nH]3)nc2s1. The summed E-state index contributed by atoms with van der Waals surface area (Å²) in [6.07, 6.45) is -0.885. The third-order valence-electron chi connectivity index (χ3n) is 6.10. The molecular formula is C24H21F3N8S. The maximum Gasteiger partial charge on any atom is 0.451 e. The van der Waals surface area contributed by atoms with E-state index in [0.717, 1.165) is 38.9 Å². The van der Waals surface area contributed by atoms with Crippen LogP contribution in [0.1, 0.15) is 29.9 Å². The molecule has 184 valence electrons. The molecule has 0 bridgehead atoms. The molecule has 1 N–H and O–H groups in total. The van der Waals surface area contributed by atoms with E-state index in [2.05, 4.69) is 33.2 Å². The first-order valence-corrected chi connectivity index (χ1v) is 12.4. The van der Waals surface area contributed by atoms with Gasteiger partial charge in [-0.3, -0.25) is 0 Å². The lowest BCUT2D eigenvalue weighted by Crippen LogP contribution is -2.36. The molecule has 5 heterocycles. The van der Waals surface area contributed by atoms with Gasteiger partial charge >= 0.3 is 6.18 Å². The molecule has 0 atom stereocenters. The Labute approximate surface area is 207 Å². The summed E-state index contributed by atoms with van der Waals surface area (Å²) in [5.74, 6) is 0.925. The van der Waals surface area contributed by atoms with Gasteiger partial charge in [0.15, 0.2) is 17.5 Å². The highest BCUT2D eigenvalue weighted by atomic mass is 32.1. The van der Waals surface area contributed by atoms with Crippen molar-refractivity contribution in [3.8, 4) is 22.9 Å². The third kappa shape index (κ3) is 4.00. The number of anilines is 1. The molecule has 36 heavy (non-hydrogen) atoms. The van der Waals surface area contributed by atoms with E-state index in [1.165, 1.54) is 4.88 Å². The summed E-state index contributed by atoms with van der Waals surface area (Å²) < 4.78 is 41.1. The fraction of sp³-hybridized carbons (Fsp3) is 0.292. The number of hydrogen-bond donors (Lipinski definition) is 1. The average Bonchev–Trinajstić information content (AvgIpc) is 3.61. The second kappa shape index (κ2) is 8.70. The van der Waals surface area contributed by atoms with Gasteiger partial charge in [0.25, 0.3) is 0 Å². The first-order valence-electron chi connectivity index (χ1n) is 11.6. The van der Waals surface area contributed by atoms with Gasteiger partial charge in [-0.2, -0.15) is 13.2 Å². The van der Waals surface area contributed by atoms with Crippen molar-refractivity contribution < 1.29 is 13.2 Å². The van der Waals surface area contributed by atoms with Crippen LogP contribution in [0.4, 0.5) is 19.0 Å². The number of halogens is 3. The van der Waals surface area contributed by atoms with Gasteiger partial charge in [0.1, 0.15) is 10.6 Å². The van der Waals surface area contributed by atoms with E-state index in [4.69, 9.17) is 9.97 Å². The summed E-state index contributed by atoms with van der Waals surface area (Å²) >= 11 is 1.60. The largest absolute Gasteiger partial charge is 0.451 e. The topological polar surface area (TPSA) is 88.4 Å². The third-order valence-corrected chi connectivity index (χ3v) is 7.19. The van der Waals surface area contributed by atoms with Crippen LogP contribution in [0, 0.1) is 0 Å². The summed E-state index contributed by atoms with van der Waals surface area (Å²) in [5, 5.41) is 8.10. The quantitative estimate of drug-likeness (QED) is 0.344. The Morgan fingerprint density at radius 3 is 2.69 bits per heavy atom. The predicted molar refractivity (Wildman–Crippen MR) is 131 cm³/mol. The Morgan fingerprint density at radius 1 is 1.08 bits per heavy atom. The van der Waals surface area contributed by atoms with Crippen molar-refractivity contribution in [3.05, 3.63) is 59.1 Å². The molecule has 1 aliphatic rings. The van der Waals surface area contributed by atoms with E-state index < -0.39 is 12.0 Å². The van der Waals surface area contributed by atoms with Crippen molar-refractivity contribution in [2.45, 2.75) is 39.0 Å². The van der Waals surface area contributed by atoms with Crippen molar-refractivity contribution >= 4 is 27.4 Å². The number of aromatic nitrogens is 7. The van der Waals surface area contributed by atoms with Gasteiger partial charge in [-0.25, -0.2) is 15.0 Å². The van der Waals surface area contributed by atoms with Gasteiger partial charge in [-0.1, -0.05) is 43.7 Å². The average molecular weight is 511 g/mol. The van der Waals surface area contributed by atoms with Crippen molar-refractivity contribution in [3.63, 3.8) is 0 Å². The predicted octanol–water partition coefficient (Wildman–Crippen LogP) is 5.33. The van der Waals surface area contributed by atoms with Gasteiger partial charge in [-0.15, -0.1) is 21.5 Å². The fourth-order valence-electron chi connectivity index (χ4n) is 4.42. The van der Waals surface area contributed by atoms with E-state index in [1.54, 1.807) is 17.5 Å². The standard InChI is InChI=1S/C24H21F3N8S/c1-2-6-15-11-16-21(34-9-10-35-18(13-34)32-33-23(35)24(25,26)27)30-20(31-22(16)36-15)19-28-12-17(29-19)14-7-4-3-5-8-14/h3-5,7-8,11-12H,2,6,9-10,13H2,1H3,(H,28,29). The fourth-order valence-corrected chi connectivity index (χ4v) is 5.54. The molecule has 1 aliphatic heterocycles. The van der Waals surface area contributed by atoms with Gasteiger partial charge in [0.2, 0.25) is 5.82 Å². The normalized spacial score (nSPS) is 13.9. The highest BCUT2D eigenvalue weighted by Crippen LogP contribution is 2.36. The first-order chi connectivity index (χ1) is 17.4. The molecule has 0 saturated heterocycles. The van der Waals surface area contributed by atoms with E-state index in [9.17, 15) is 13.2 Å². The smallest absolute Gasteiger partial charge is 0.347 e. The van der Waals surface area contributed by atoms with Crippen LogP contribution in [-0.4, -0.2) is 41.2 Å². The Kier molecular flexibility index (Phi) is 5.47. The molecule has 8 nitrogen and oxygen atoms in total. The number of fused-ring (bicyclic) bond motifs is 2. The van der Waals surface area contributed by atoms with E-state index in [0.29, 0.717) is 24.0 Å². The molecule has 6 rings (SSSR count). The van der Waals surface area contributed by atoms with Gasteiger partial charge in [-0.05, 0) is 18.1 Å². The monoisotopic (exact) mass is 510 g/mol. The van der Waals surface area contributed by atoms with Crippen LogP contribution >= 0.6 is 11.3 Å². The Bertz CT molecular complexity index is 1540. The number of aromatic amines is 1. The number of H-pyrrole nitrogens is 1. The van der Waals surface area contributed by atoms with Gasteiger partial charge in [0.05, 0.1) is 23.8 Å². The minimum atomic E-state index is -4.54. The molecule has 0 unspecified atom stereocenters. The number of nitrogens with zero attached hydrogens (tertiary/aromatic N) is 7. The molecule has 0 fully saturated rings. The number of imidazole rings is 1. The maximum atomic E-state index is 13.3. The lowest BCUT2D eigenvalue weighted by Gasteiger charge is -2.29. The van der Waals surface area contributed by atoms with Crippen molar-refractivity contribution in [1.29, 1.82) is 0 Å². The Morgan fingerprint density at radius 2 is 1.92 bits per heavy atom. The van der Waals surface area contributed by atoms with Crippen molar-refractivity contribution in [1.82, 2.24) is 34.7 Å². The summed E-state index contributed by atoms with van der Waals surface area (Å²) in [7, 11) is 0. The number of hydrogen-bond acceptors (Lipinski definition) is 7. The summed E-state index contributed by atoms with van der Waals surface area (Å²) in [4.78, 5) is 21.4. The number of rotatable bonds is 5. The number of aryl methyl sites for hydroxylation is 1. The molecule has 5 aromatic rings. The van der Waals surface area contributed by atoms with E-state index in [-0.39, 0.29) is 18.9 Å². The minimum absolute atomic E-state index is 0.114. The maximum absolute atomic E-state index is 13.3. The zero-order valence-corrected chi connectivity index (χ0v) is 20.1. The zero-order chi connectivity index (χ0) is 24.9. The second-order valence-corrected chi connectivity index (χ2v) is 9.69. The highest BCUT2D eigenvalue weighted by molar-refractivity contribution is 7.18. The molecule has 0 aliphatic carbocycles. The van der Waals surface area contributed by atoms with E-state index >= 15 is 0 Å². The van der Waals surface area contributed by atoms with Crippen LogP contribution in [0.2, 0.25) is 0 Å². The number of nitrogens with one attached hydrogen (secondary N) is 1. The van der Waals surface area contributed by atoms with Crippen LogP contribution in [0.5, 0.6) is 0 Å². The van der Waals surface area contributed by atoms with Crippen LogP contribution in [0.3, 0.4) is 0 Å². The summed E-state index contributed by atoms with van der Waals surface area (Å²) in [6, 6.07) is 11.9. The summed E-state index contributed by atoms with van der Waals surface area (Å²) in [5.41, 5.74) is 1.84. The van der Waals surface area contributed by atoms with Crippen LogP contribution < -0.4 is 4.90 Å². The van der Waals surface area contributed by atoms with Crippen LogP contribution in [0.25, 0.3) is 33.1 Å². The minimum Gasteiger partial charge on any atom is -0.347 e. The lowest BCUT2D eigenvalue weighted by atomic mass is 10.2. The van der Waals surface area contributed by atoms with Crippen LogP contribution in [-0.2, 0) is 25.7 Å². The molecule has 1 aromatic carbocycles.